The molecule has 5 nitrogen and oxygen atoms in total. The summed E-state index contributed by atoms with van der Waals surface area (Å²) in [6.45, 7) is 3.75. The van der Waals surface area contributed by atoms with Gasteiger partial charge < -0.3 is 5.73 Å². The molecule has 3 rings (SSSR count). The quantitative estimate of drug-likeness (QED) is 0.783. The van der Waals surface area contributed by atoms with E-state index >= 15 is 0 Å². The first-order valence-electron chi connectivity index (χ1n) is 6.70. The zero-order valence-electron chi connectivity index (χ0n) is 12.2. The van der Waals surface area contributed by atoms with Crippen molar-refractivity contribution in [1.29, 1.82) is 0 Å². The average Bonchev–Trinajstić information content (AvgIpc) is 2.73. The number of hydrogen-bond donors (Lipinski definition) is 1. The van der Waals surface area contributed by atoms with Crippen LogP contribution >= 0.6 is 0 Å². The summed E-state index contributed by atoms with van der Waals surface area (Å²) in [5.41, 5.74) is 10.1. The number of hydrogen-bond acceptors (Lipinski definition) is 3. The van der Waals surface area contributed by atoms with Gasteiger partial charge in [-0.25, -0.2) is 4.98 Å². The molecule has 0 aliphatic heterocycles. The molecule has 0 aliphatic rings. The van der Waals surface area contributed by atoms with Crippen LogP contribution in [-0.2, 0) is 7.05 Å². The van der Waals surface area contributed by atoms with E-state index in [9.17, 15) is 4.79 Å². The summed E-state index contributed by atoms with van der Waals surface area (Å²) in [5, 5.41) is 5.09. The van der Waals surface area contributed by atoms with Gasteiger partial charge in [0.15, 0.2) is 5.65 Å². The second-order valence-electron chi connectivity index (χ2n) is 5.09. The Morgan fingerprint density at radius 3 is 2.43 bits per heavy atom. The molecule has 0 saturated carbocycles. The molecule has 0 spiro atoms. The van der Waals surface area contributed by atoms with Crippen LogP contribution in [0.4, 0.5) is 0 Å². The van der Waals surface area contributed by atoms with Crippen molar-refractivity contribution in [3.63, 3.8) is 0 Å². The molecular formula is C16H16N4O. The molecule has 3 aromatic rings. The van der Waals surface area contributed by atoms with Crippen molar-refractivity contribution in [3.8, 4) is 11.1 Å². The second kappa shape index (κ2) is 4.70. The van der Waals surface area contributed by atoms with E-state index in [1.54, 1.807) is 4.68 Å². The monoisotopic (exact) mass is 280 g/mol. The molecule has 106 valence electrons. The third-order valence-electron chi connectivity index (χ3n) is 3.64. The molecule has 0 atom stereocenters. The van der Waals surface area contributed by atoms with Crippen LogP contribution in [0.25, 0.3) is 22.2 Å². The summed E-state index contributed by atoms with van der Waals surface area (Å²) in [6, 6.07) is 9.70. The van der Waals surface area contributed by atoms with Crippen LogP contribution < -0.4 is 5.73 Å². The maximum atomic E-state index is 12.1. The molecule has 0 unspecified atom stereocenters. The SMILES string of the molecule is Cc1nc2c(c(C)nn2C)c(C(N)=O)c1-c1ccccc1. The molecule has 0 saturated heterocycles. The minimum atomic E-state index is -0.458. The number of rotatable bonds is 2. The van der Waals surface area contributed by atoms with Crippen molar-refractivity contribution >= 4 is 16.9 Å². The largest absolute Gasteiger partial charge is 0.366 e. The third kappa shape index (κ3) is 1.98. The van der Waals surface area contributed by atoms with Crippen molar-refractivity contribution in [1.82, 2.24) is 14.8 Å². The smallest absolute Gasteiger partial charge is 0.250 e. The van der Waals surface area contributed by atoms with Crippen LogP contribution in [0.1, 0.15) is 21.7 Å². The molecule has 2 heterocycles. The van der Waals surface area contributed by atoms with Crippen molar-refractivity contribution in [2.75, 3.05) is 0 Å². The summed E-state index contributed by atoms with van der Waals surface area (Å²) >= 11 is 0. The van der Waals surface area contributed by atoms with Crippen molar-refractivity contribution in [2.45, 2.75) is 13.8 Å². The lowest BCUT2D eigenvalue weighted by atomic mass is 9.95. The predicted molar refractivity (Wildman–Crippen MR) is 81.9 cm³/mol. The Morgan fingerprint density at radius 2 is 1.81 bits per heavy atom. The topological polar surface area (TPSA) is 73.8 Å². The van der Waals surface area contributed by atoms with E-state index in [4.69, 9.17) is 5.73 Å². The highest BCUT2D eigenvalue weighted by Gasteiger charge is 2.22. The molecule has 0 fully saturated rings. The highest BCUT2D eigenvalue weighted by molar-refractivity contribution is 6.11. The number of benzene rings is 1. The van der Waals surface area contributed by atoms with Gasteiger partial charge in [0.1, 0.15) is 0 Å². The number of fused-ring (bicyclic) bond motifs is 1. The fourth-order valence-electron chi connectivity index (χ4n) is 2.79. The highest BCUT2D eigenvalue weighted by Crippen LogP contribution is 2.32. The molecule has 0 bridgehead atoms. The fourth-order valence-corrected chi connectivity index (χ4v) is 2.79. The zero-order valence-corrected chi connectivity index (χ0v) is 12.2. The average molecular weight is 280 g/mol. The van der Waals surface area contributed by atoms with Crippen LogP contribution in [0.2, 0.25) is 0 Å². The van der Waals surface area contributed by atoms with Crippen LogP contribution in [0.5, 0.6) is 0 Å². The standard InChI is InChI=1S/C16H16N4O/c1-9-12(11-7-5-4-6-8-11)14(15(17)21)13-10(2)19-20(3)16(13)18-9/h4-8H,1-3H3,(H2,17,21). The van der Waals surface area contributed by atoms with E-state index in [1.165, 1.54) is 0 Å². The number of amides is 1. The molecule has 2 N–H and O–H groups in total. The van der Waals surface area contributed by atoms with E-state index in [-0.39, 0.29) is 0 Å². The number of carbonyl (C=O) groups is 1. The van der Waals surface area contributed by atoms with Crippen molar-refractivity contribution in [3.05, 3.63) is 47.3 Å². The Labute approximate surface area is 122 Å². The zero-order chi connectivity index (χ0) is 15.1. The number of aromatic nitrogens is 3. The summed E-state index contributed by atoms with van der Waals surface area (Å²) in [7, 11) is 1.81. The first-order chi connectivity index (χ1) is 10.0. The van der Waals surface area contributed by atoms with Crippen LogP contribution in [-0.4, -0.2) is 20.7 Å². The lowest BCUT2D eigenvalue weighted by molar-refractivity contribution is 0.100. The summed E-state index contributed by atoms with van der Waals surface area (Å²) < 4.78 is 1.68. The first kappa shape index (κ1) is 13.3. The Morgan fingerprint density at radius 1 is 1.14 bits per heavy atom. The van der Waals surface area contributed by atoms with Crippen molar-refractivity contribution in [2.24, 2.45) is 12.8 Å². The lowest BCUT2D eigenvalue weighted by Gasteiger charge is -2.12. The number of nitrogens with two attached hydrogens (primary N) is 1. The molecule has 1 amide bonds. The Kier molecular flexibility index (Phi) is 2.97. The van der Waals surface area contributed by atoms with E-state index in [0.29, 0.717) is 11.2 Å². The lowest BCUT2D eigenvalue weighted by Crippen LogP contribution is -2.15. The fraction of sp³-hybridized carbons (Fsp3) is 0.188. The summed E-state index contributed by atoms with van der Waals surface area (Å²) in [6.07, 6.45) is 0. The van der Waals surface area contributed by atoms with Crippen LogP contribution in [0.15, 0.2) is 30.3 Å². The Bertz CT molecular complexity index is 850. The van der Waals surface area contributed by atoms with Gasteiger partial charge in [0.05, 0.1) is 16.6 Å². The van der Waals surface area contributed by atoms with E-state index in [2.05, 4.69) is 10.1 Å². The molecule has 21 heavy (non-hydrogen) atoms. The number of primary amides is 1. The third-order valence-corrected chi connectivity index (χ3v) is 3.64. The second-order valence-corrected chi connectivity index (χ2v) is 5.09. The number of aryl methyl sites for hydroxylation is 3. The number of nitrogens with zero attached hydrogens (tertiary/aromatic N) is 3. The number of carbonyl (C=O) groups excluding carboxylic acids is 1. The maximum Gasteiger partial charge on any atom is 0.250 e. The van der Waals surface area contributed by atoms with Crippen LogP contribution in [0.3, 0.4) is 0 Å². The predicted octanol–water partition coefficient (Wildman–Crippen LogP) is 2.35. The highest BCUT2D eigenvalue weighted by atomic mass is 16.1. The minimum Gasteiger partial charge on any atom is -0.366 e. The van der Waals surface area contributed by atoms with Crippen molar-refractivity contribution < 1.29 is 4.79 Å². The molecule has 2 aromatic heterocycles. The van der Waals surface area contributed by atoms with Gasteiger partial charge in [0.2, 0.25) is 5.91 Å². The van der Waals surface area contributed by atoms with Crippen LogP contribution in [0, 0.1) is 13.8 Å². The molecule has 1 aromatic carbocycles. The first-order valence-corrected chi connectivity index (χ1v) is 6.70. The van der Waals surface area contributed by atoms with E-state index < -0.39 is 5.91 Å². The number of pyridine rings is 1. The van der Waals surface area contributed by atoms with Gasteiger partial charge in [0, 0.05) is 18.3 Å². The minimum absolute atomic E-state index is 0.458. The van der Waals surface area contributed by atoms with Gasteiger partial charge >= 0.3 is 0 Å². The Hall–Kier alpha value is -2.69. The molecular weight excluding hydrogens is 264 g/mol. The van der Waals surface area contributed by atoms with Gasteiger partial charge in [-0.05, 0) is 19.4 Å². The van der Waals surface area contributed by atoms with E-state index in [0.717, 1.165) is 27.9 Å². The molecule has 0 aliphatic carbocycles. The summed E-state index contributed by atoms with van der Waals surface area (Å²) in [5.74, 6) is -0.458. The normalized spacial score (nSPS) is 11.0. The van der Waals surface area contributed by atoms with Gasteiger partial charge in [0.25, 0.3) is 0 Å². The van der Waals surface area contributed by atoms with E-state index in [1.807, 2.05) is 51.2 Å². The molecule has 0 radical (unpaired) electrons. The maximum absolute atomic E-state index is 12.1. The Balaban J connectivity index is 2.50. The van der Waals surface area contributed by atoms with Gasteiger partial charge in [-0.1, -0.05) is 30.3 Å². The van der Waals surface area contributed by atoms with Gasteiger partial charge in [-0.2, -0.15) is 5.10 Å². The summed E-state index contributed by atoms with van der Waals surface area (Å²) in [4.78, 5) is 16.7. The molecule has 5 heteroatoms. The van der Waals surface area contributed by atoms with Gasteiger partial charge in [-0.3, -0.25) is 9.48 Å². The van der Waals surface area contributed by atoms with Gasteiger partial charge in [-0.15, -0.1) is 0 Å².